The van der Waals surface area contributed by atoms with Crippen LogP contribution in [0.3, 0.4) is 0 Å². The number of rotatable bonds is 9. The van der Waals surface area contributed by atoms with Gasteiger partial charge in [-0.1, -0.05) is 42.5 Å². The van der Waals surface area contributed by atoms with Crippen molar-refractivity contribution in [1.29, 1.82) is 0 Å². The number of ether oxygens (including phenoxy) is 1. The number of nitrogens with one attached hydrogen (secondary N) is 2. The summed E-state index contributed by atoms with van der Waals surface area (Å²) in [6, 6.07) is 22.5. The van der Waals surface area contributed by atoms with E-state index in [9.17, 15) is 14.3 Å². The van der Waals surface area contributed by atoms with Gasteiger partial charge >= 0.3 is 0 Å². The number of allylic oxidation sites excluding steroid dienone is 1. The molecule has 8 nitrogen and oxygen atoms in total. The zero-order valence-corrected chi connectivity index (χ0v) is 20.9. The van der Waals surface area contributed by atoms with Crippen molar-refractivity contribution in [3.8, 4) is 5.75 Å². The average molecular weight is 514 g/mol. The third-order valence-corrected chi connectivity index (χ3v) is 6.25. The van der Waals surface area contributed by atoms with Crippen LogP contribution in [0.4, 0.5) is 16.0 Å². The number of hydrogen-bond acceptors (Lipinski definition) is 6. The Morgan fingerprint density at radius 1 is 1.08 bits per heavy atom. The van der Waals surface area contributed by atoms with E-state index in [1.165, 1.54) is 24.3 Å². The summed E-state index contributed by atoms with van der Waals surface area (Å²) >= 11 is 0. The standard InChI is InChI=1S/C29H28FN5O3/c1-19-26(28(37)32-23-13-11-22(30)12-14-23)27(35-29(31-19)33-25(34-35)8-5-17-36)21-9-15-24(16-10-21)38-18-20-6-3-2-4-7-20/h2-4,6-7,9-16,27,36H,5,8,17-18H2,1H3,(H,32,37)(H,31,33,34). The number of benzene rings is 3. The molecule has 0 bridgehead atoms. The molecule has 1 aliphatic heterocycles. The largest absolute Gasteiger partial charge is 0.489 e. The Kier molecular flexibility index (Phi) is 7.46. The van der Waals surface area contributed by atoms with Crippen LogP contribution in [0.25, 0.3) is 0 Å². The lowest BCUT2D eigenvalue weighted by atomic mass is 9.95. The van der Waals surface area contributed by atoms with E-state index in [4.69, 9.17) is 4.74 Å². The molecular formula is C29H28FN5O3. The van der Waals surface area contributed by atoms with Crippen LogP contribution < -0.4 is 15.4 Å². The molecule has 194 valence electrons. The van der Waals surface area contributed by atoms with Crippen LogP contribution in [0.5, 0.6) is 5.75 Å². The predicted molar refractivity (Wildman–Crippen MR) is 142 cm³/mol. The number of fused-ring (bicyclic) bond motifs is 1. The molecule has 1 atom stereocenters. The average Bonchev–Trinajstić information content (AvgIpc) is 3.34. The van der Waals surface area contributed by atoms with Gasteiger partial charge in [-0.3, -0.25) is 4.79 Å². The first kappa shape index (κ1) is 25.2. The van der Waals surface area contributed by atoms with E-state index in [0.717, 1.165) is 11.1 Å². The topological polar surface area (TPSA) is 101 Å². The number of anilines is 2. The van der Waals surface area contributed by atoms with E-state index in [2.05, 4.69) is 20.7 Å². The van der Waals surface area contributed by atoms with Crippen LogP contribution in [-0.2, 0) is 17.8 Å². The summed E-state index contributed by atoms with van der Waals surface area (Å²) in [5.41, 5.74) is 3.46. The molecule has 38 heavy (non-hydrogen) atoms. The molecule has 3 N–H and O–H groups in total. The first-order valence-electron chi connectivity index (χ1n) is 12.4. The second-order valence-corrected chi connectivity index (χ2v) is 8.99. The van der Waals surface area contributed by atoms with Crippen LogP contribution >= 0.6 is 0 Å². The van der Waals surface area contributed by atoms with E-state index in [-0.39, 0.29) is 18.3 Å². The quantitative estimate of drug-likeness (QED) is 0.296. The minimum Gasteiger partial charge on any atom is -0.489 e. The molecule has 0 saturated heterocycles. The number of aryl methyl sites for hydroxylation is 1. The summed E-state index contributed by atoms with van der Waals surface area (Å²) in [5.74, 6) is 1.07. The van der Waals surface area contributed by atoms with E-state index in [1.807, 2.05) is 61.5 Å². The summed E-state index contributed by atoms with van der Waals surface area (Å²) in [7, 11) is 0. The maximum atomic E-state index is 13.5. The van der Waals surface area contributed by atoms with Crippen LogP contribution in [0.1, 0.15) is 36.3 Å². The molecule has 4 aromatic rings. The molecular weight excluding hydrogens is 485 g/mol. The van der Waals surface area contributed by atoms with Crippen LogP contribution in [0.2, 0.25) is 0 Å². The SMILES string of the molecule is CC1=C(C(=O)Nc2ccc(F)cc2)C(c2ccc(OCc3ccccc3)cc2)n2nc(CCCO)nc2N1. The molecule has 0 fully saturated rings. The number of aromatic nitrogens is 3. The van der Waals surface area contributed by atoms with Gasteiger partial charge in [0, 0.05) is 24.4 Å². The molecule has 2 heterocycles. The lowest BCUT2D eigenvalue weighted by Gasteiger charge is -2.28. The monoisotopic (exact) mass is 513 g/mol. The van der Waals surface area contributed by atoms with Crippen LogP contribution in [-0.4, -0.2) is 32.4 Å². The van der Waals surface area contributed by atoms with Crippen molar-refractivity contribution >= 4 is 17.5 Å². The first-order valence-corrected chi connectivity index (χ1v) is 12.4. The number of carbonyl (C=O) groups is 1. The fraction of sp³-hybridized carbons (Fsp3) is 0.207. The lowest BCUT2D eigenvalue weighted by Crippen LogP contribution is -2.31. The van der Waals surface area contributed by atoms with E-state index in [0.29, 0.717) is 53.9 Å². The fourth-order valence-electron chi connectivity index (χ4n) is 4.36. The van der Waals surface area contributed by atoms with Crippen molar-refractivity contribution in [3.63, 3.8) is 0 Å². The number of halogens is 1. The minimum absolute atomic E-state index is 0.0355. The Balaban J connectivity index is 1.45. The predicted octanol–water partition coefficient (Wildman–Crippen LogP) is 4.85. The summed E-state index contributed by atoms with van der Waals surface area (Å²) in [4.78, 5) is 18.1. The first-order chi connectivity index (χ1) is 18.5. The molecule has 1 aliphatic rings. The molecule has 0 aliphatic carbocycles. The number of aliphatic hydroxyl groups is 1. The molecule has 9 heteroatoms. The molecule has 1 aromatic heterocycles. The Morgan fingerprint density at radius 2 is 1.82 bits per heavy atom. The molecule has 5 rings (SSSR count). The summed E-state index contributed by atoms with van der Waals surface area (Å²) in [6.45, 7) is 2.29. The second-order valence-electron chi connectivity index (χ2n) is 8.99. The number of hydrogen-bond donors (Lipinski definition) is 3. The van der Waals surface area contributed by atoms with Crippen molar-refractivity contribution in [2.75, 3.05) is 17.2 Å². The number of nitrogens with zero attached hydrogens (tertiary/aromatic N) is 3. The maximum Gasteiger partial charge on any atom is 0.255 e. The number of aliphatic hydroxyl groups excluding tert-OH is 1. The van der Waals surface area contributed by atoms with E-state index < -0.39 is 6.04 Å². The van der Waals surface area contributed by atoms with Gasteiger partial charge in [0.25, 0.3) is 5.91 Å². The van der Waals surface area contributed by atoms with Gasteiger partial charge in [0.05, 0.1) is 5.57 Å². The maximum absolute atomic E-state index is 13.5. The smallest absolute Gasteiger partial charge is 0.255 e. The third-order valence-electron chi connectivity index (χ3n) is 6.25. The molecule has 1 amide bonds. The van der Waals surface area contributed by atoms with Crippen molar-refractivity contribution in [2.45, 2.75) is 32.4 Å². The summed E-state index contributed by atoms with van der Waals surface area (Å²) < 4.78 is 21.0. The highest BCUT2D eigenvalue weighted by Crippen LogP contribution is 2.36. The third kappa shape index (κ3) is 5.57. The van der Waals surface area contributed by atoms with Gasteiger partial charge in [0.2, 0.25) is 5.95 Å². The molecule has 3 aromatic carbocycles. The summed E-state index contributed by atoms with van der Waals surface area (Å²) in [5, 5.41) is 20.0. The highest BCUT2D eigenvalue weighted by Gasteiger charge is 2.34. The molecule has 0 spiro atoms. The van der Waals surface area contributed by atoms with Gasteiger partial charge < -0.3 is 20.5 Å². The molecule has 0 saturated carbocycles. The van der Waals surface area contributed by atoms with E-state index in [1.54, 1.807) is 4.68 Å². The number of amides is 1. The van der Waals surface area contributed by atoms with Gasteiger partial charge in [-0.2, -0.15) is 10.1 Å². The van der Waals surface area contributed by atoms with E-state index >= 15 is 0 Å². The summed E-state index contributed by atoms with van der Waals surface area (Å²) in [6.07, 6.45) is 1.04. The van der Waals surface area contributed by atoms with Gasteiger partial charge in [0.15, 0.2) is 5.82 Å². The van der Waals surface area contributed by atoms with Crippen molar-refractivity contribution in [2.24, 2.45) is 0 Å². The van der Waals surface area contributed by atoms with Crippen molar-refractivity contribution in [1.82, 2.24) is 14.8 Å². The Labute approximate surface area is 219 Å². The van der Waals surface area contributed by atoms with Gasteiger partial charge in [-0.25, -0.2) is 9.07 Å². The van der Waals surface area contributed by atoms with Crippen LogP contribution in [0, 0.1) is 5.82 Å². The fourth-order valence-corrected chi connectivity index (χ4v) is 4.36. The zero-order chi connectivity index (χ0) is 26.5. The highest BCUT2D eigenvalue weighted by atomic mass is 19.1. The van der Waals surface area contributed by atoms with Gasteiger partial charge in [0.1, 0.15) is 24.2 Å². The van der Waals surface area contributed by atoms with Gasteiger partial charge in [-0.15, -0.1) is 0 Å². The Morgan fingerprint density at radius 3 is 2.53 bits per heavy atom. The second kappa shape index (κ2) is 11.3. The normalized spacial score (nSPS) is 14.6. The van der Waals surface area contributed by atoms with Gasteiger partial charge in [-0.05, 0) is 60.9 Å². The van der Waals surface area contributed by atoms with Crippen LogP contribution in [0.15, 0.2) is 90.1 Å². The lowest BCUT2D eigenvalue weighted by molar-refractivity contribution is -0.113. The zero-order valence-electron chi connectivity index (χ0n) is 20.9. The van der Waals surface area contributed by atoms with Crippen molar-refractivity contribution in [3.05, 3.63) is 113 Å². The highest BCUT2D eigenvalue weighted by molar-refractivity contribution is 6.06. The number of carbonyl (C=O) groups excluding carboxylic acids is 1. The Hall–Kier alpha value is -4.50. The molecule has 1 unspecified atom stereocenters. The Bertz CT molecular complexity index is 1430. The minimum atomic E-state index is -0.565. The van der Waals surface area contributed by atoms with Crippen molar-refractivity contribution < 1.29 is 19.0 Å². The molecule has 0 radical (unpaired) electrons.